The first-order valence-corrected chi connectivity index (χ1v) is 8.99. The number of carbonyl (C=O) groups is 3. The van der Waals surface area contributed by atoms with Crippen molar-refractivity contribution in [3.05, 3.63) is 71.8 Å². The summed E-state index contributed by atoms with van der Waals surface area (Å²) in [6, 6.07) is 16.9. The summed E-state index contributed by atoms with van der Waals surface area (Å²) in [7, 11) is 1.27. The van der Waals surface area contributed by atoms with E-state index in [1.807, 2.05) is 36.4 Å². The Kier molecular flexibility index (Phi) is 6.26. The van der Waals surface area contributed by atoms with Gasteiger partial charge < -0.3 is 14.8 Å². The zero-order chi connectivity index (χ0) is 19.9. The van der Waals surface area contributed by atoms with Crippen LogP contribution in [0.5, 0.6) is 0 Å². The van der Waals surface area contributed by atoms with Crippen LogP contribution in [0.1, 0.15) is 22.3 Å². The van der Waals surface area contributed by atoms with Gasteiger partial charge in [-0.2, -0.15) is 0 Å². The number of ether oxygens (including phenoxy) is 2. The number of esters is 1. The SMILES string of the molecule is COC(=O)[C@@H]1C[C@@H](NC(=O)c2ccccc2)CN1C(=O)OCc1ccccc1. The van der Waals surface area contributed by atoms with Crippen LogP contribution in [0.3, 0.4) is 0 Å². The molecule has 0 unspecified atom stereocenters. The molecule has 1 N–H and O–H groups in total. The maximum Gasteiger partial charge on any atom is 0.410 e. The van der Waals surface area contributed by atoms with Gasteiger partial charge in [0, 0.05) is 24.6 Å². The lowest BCUT2D eigenvalue weighted by Crippen LogP contribution is -2.42. The average molecular weight is 382 g/mol. The summed E-state index contributed by atoms with van der Waals surface area (Å²) >= 11 is 0. The Morgan fingerprint density at radius 3 is 2.32 bits per heavy atom. The first kappa shape index (κ1) is 19.4. The standard InChI is InChI=1S/C21H22N2O5/c1-27-20(25)18-12-17(22-19(24)16-10-6-3-7-11-16)13-23(18)21(26)28-14-15-8-4-2-5-9-15/h2-11,17-18H,12-14H2,1H3,(H,22,24)/t17-,18+/m1/s1. The van der Waals surface area contributed by atoms with Gasteiger partial charge in [0.2, 0.25) is 0 Å². The highest BCUT2D eigenvalue weighted by Crippen LogP contribution is 2.21. The van der Waals surface area contributed by atoms with Crippen molar-refractivity contribution in [2.45, 2.75) is 25.1 Å². The molecule has 28 heavy (non-hydrogen) atoms. The Hall–Kier alpha value is -3.35. The minimum atomic E-state index is -0.797. The smallest absolute Gasteiger partial charge is 0.410 e. The fraction of sp³-hybridized carbons (Fsp3) is 0.286. The molecule has 3 rings (SSSR count). The molecule has 2 amide bonds. The molecule has 146 valence electrons. The molecular weight excluding hydrogens is 360 g/mol. The normalized spacial score (nSPS) is 18.4. The van der Waals surface area contributed by atoms with Crippen molar-refractivity contribution in [1.82, 2.24) is 10.2 Å². The highest BCUT2D eigenvalue weighted by Gasteiger charge is 2.41. The Labute approximate surface area is 163 Å². The van der Waals surface area contributed by atoms with Gasteiger partial charge in [0.05, 0.1) is 7.11 Å². The van der Waals surface area contributed by atoms with Gasteiger partial charge in [-0.15, -0.1) is 0 Å². The van der Waals surface area contributed by atoms with Gasteiger partial charge >= 0.3 is 12.1 Å². The molecule has 2 aromatic rings. The quantitative estimate of drug-likeness (QED) is 0.803. The van der Waals surface area contributed by atoms with Crippen molar-refractivity contribution in [2.24, 2.45) is 0 Å². The maximum atomic E-state index is 12.5. The number of hydrogen-bond acceptors (Lipinski definition) is 5. The molecule has 1 aliphatic rings. The second kappa shape index (κ2) is 9.03. The second-order valence-electron chi connectivity index (χ2n) is 6.50. The van der Waals surface area contributed by atoms with Gasteiger partial charge in [0.25, 0.3) is 5.91 Å². The molecule has 0 radical (unpaired) electrons. The fourth-order valence-electron chi connectivity index (χ4n) is 3.16. The molecular formula is C21H22N2O5. The molecule has 2 aromatic carbocycles. The number of nitrogens with one attached hydrogen (secondary N) is 1. The minimum absolute atomic E-state index is 0.102. The molecule has 1 aliphatic heterocycles. The first-order chi connectivity index (χ1) is 13.6. The summed E-state index contributed by atoms with van der Waals surface area (Å²) < 4.78 is 10.2. The lowest BCUT2D eigenvalue weighted by atomic mass is 10.1. The number of methoxy groups -OCH3 is 1. The lowest BCUT2D eigenvalue weighted by molar-refractivity contribution is -0.145. The Bertz CT molecular complexity index is 825. The number of amides is 2. The van der Waals surface area contributed by atoms with Gasteiger partial charge in [-0.05, 0) is 17.7 Å². The molecule has 7 nitrogen and oxygen atoms in total. The van der Waals surface area contributed by atoms with E-state index in [0.717, 1.165) is 5.56 Å². The molecule has 0 aromatic heterocycles. The molecule has 1 heterocycles. The van der Waals surface area contributed by atoms with Gasteiger partial charge in [-0.3, -0.25) is 9.69 Å². The summed E-state index contributed by atoms with van der Waals surface area (Å²) in [4.78, 5) is 38.3. The third-order valence-electron chi connectivity index (χ3n) is 4.59. The van der Waals surface area contributed by atoms with E-state index in [-0.39, 0.29) is 31.5 Å². The third kappa shape index (κ3) is 4.68. The largest absolute Gasteiger partial charge is 0.467 e. The van der Waals surface area contributed by atoms with Gasteiger partial charge in [-0.1, -0.05) is 48.5 Å². The third-order valence-corrected chi connectivity index (χ3v) is 4.59. The number of benzene rings is 2. The van der Waals surface area contributed by atoms with Crippen LogP contribution in [-0.2, 0) is 20.9 Å². The molecule has 2 atom stereocenters. The minimum Gasteiger partial charge on any atom is -0.467 e. The van der Waals surface area contributed by atoms with Crippen LogP contribution in [0, 0.1) is 0 Å². The van der Waals surface area contributed by atoms with Crippen LogP contribution < -0.4 is 5.32 Å². The van der Waals surface area contributed by atoms with E-state index in [4.69, 9.17) is 9.47 Å². The predicted octanol–water partition coefficient (Wildman–Crippen LogP) is 2.37. The molecule has 7 heteroatoms. The summed E-state index contributed by atoms with van der Waals surface area (Å²) in [6.07, 6.45) is -0.346. The number of nitrogens with zero attached hydrogens (tertiary/aromatic N) is 1. The van der Waals surface area contributed by atoms with E-state index in [2.05, 4.69) is 5.32 Å². The van der Waals surface area contributed by atoms with Crippen molar-refractivity contribution < 1.29 is 23.9 Å². The van der Waals surface area contributed by atoms with E-state index in [1.165, 1.54) is 12.0 Å². The van der Waals surface area contributed by atoms with Crippen LogP contribution in [0.2, 0.25) is 0 Å². The molecule has 0 bridgehead atoms. The number of likely N-dealkylation sites (tertiary alicyclic amines) is 1. The van der Waals surface area contributed by atoms with Gasteiger partial charge in [0.15, 0.2) is 0 Å². The van der Waals surface area contributed by atoms with Gasteiger partial charge in [0.1, 0.15) is 12.6 Å². The monoisotopic (exact) mass is 382 g/mol. The van der Waals surface area contributed by atoms with E-state index in [9.17, 15) is 14.4 Å². The highest BCUT2D eigenvalue weighted by molar-refractivity contribution is 5.94. The Morgan fingerprint density at radius 2 is 1.68 bits per heavy atom. The number of carbonyl (C=O) groups excluding carboxylic acids is 3. The van der Waals surface area contributed by atoms with E-state index in [0.29, 0.717) is 5.56 Å². The number of rotatable bonds is 5. The van der Waals surface area contributed by atoms with Gasteiger partial charge in [-0.25, -0.2) is 9.59 Å². The van der Waals surface area contributed by atoms with E-state index >= 15 is 0 Å². The van der Waals surface area contributed by atoms with E-state index in [1.54, 1.807) is 24.3 Å². The van der Waals surface area contributed by atoms with Crippen LogP contribution in [0.25, 0.3) is 0 Å². The van der Waals surface area contributed by atoms with Crippen LogP contribution in [0.15, 0.2) is 60.7 Å². The summed E-state index contributed by atoms with van der Waals surface area (Å²) in [5, 5.41) is 2.87. The summed E-state index contributed by atoms with van der Waals surface area (Å²) in [5.41, 5.74) is 1.36. The zero-order valence-corrected chi connectivity index (χ0v) is 15.5. The Morgan fingerprint density at radius 1 is 1.04 bits per heavy atom. The van der Waals surface area contributed by atoms with Crippen molar-refractivity contribution in [2.75, 3.05) is 13.7 Å². The molecule has 0 spiro atoms. The van der Waals surface area contributed by atoms with Crippen molar-refractivity contribution >= 4 is 18.0 Å². The molecule has 0 saturated carbocycles. The highest BCUT2D eigenvalue weighted by atomic mass is 16.6. The molecule has 1 fully saturated rings. The molecule has 1 saturated heterocycles. The Balaban J connectivity index is 1.64. The number of hydrogen-bond donors (Lipinski definition) is 1. The predicted molar refractivity (Wildman–Crippen MR) is 101 cm³/mol. The fourth-order valence-corrected chi connectivity index (χ4v) is 3.16. The van der Waals surface area contributed by atoms with Crippen molar-refractivity contribution in [3.63, 3.8) is 0 Å². The van der Waals surface area contributed by atoms with Crippen LogP contribution in [0.4, 0.5) is 4.79 Å². The average Bonchev–Trinajstić information content (AvgIpc) is 3.16. The summed E-state index contributed by atoms with van der Waals surface area (Å²) in [6.45, 7) is 0.275. The summed E-state index contributed by atoms with van der Waals surface area (Å²) in [5.74, 6) is -0.790. The van der Waals surface area contributed by atoms with E-state index < -0.39 is 18.1 Å². The first-order valence-electron chi connectivity index (χ1n) is 8.99. The van der Waals surface area contributed by atoms with Crippen LogP contribution in [-0.4, -0.2) is 48.6 Å². The lowest BCUT2D eigenvalue weighted by Gasteiger charge is -2.21. The second-order valence-corrected chi connectivity index (χ2v) is 6.50. The maximum absolute atomic E-state index is 12.5. The van der Waals surface area contributed by atoms with Crippen molar-refractivity contribution in [1.29, 1.82) is 0 Å². The zero-order valence-electron chi connectivity index (χ0n) is 15.5. The van der Waals surface area contributed by atoms with Crippen molar-refractivity contribution in [3.8, 4) is 0 Å². The molecule has 0 aliphatic carbocycles. The topological polar surface area (TPSA) is 84.9 Å². The van der Waals surface area contributed by atoms with Crippen LogP contribution >= 0.6 is 0 Å².